The second-order valence-electron chi connectivity index (χ2n) is 5.85. The highest BCUT2D eigenvalue weighted by atomic mass is 32.2. The van der Waals surface area contributed by atoms with Crippen molar-refractivity contribution in [3.05, 3.63) is 66.5 Å². The van der Waals surface area contributed by atoms with Gasteiger partial charge in [0.05, 0.1) is 10.5 Å². The second-order valence-corrected chi connectivity index (χ2v) is 7.74. The summed E-state index contributed by atoms with van der Waals surface area (Å²) in [6, 6.07) is 12.2. The van der Waals surface area contributed by atoms with Gasteiger partial charge in [-0.25, -0.2) is 23.1 Å². The van der Waals surface area contributed by atoms with Crippen LogP contribution in [0.25, 0.3) is 0 Å². The van der Waals surface area contributed by atoms with E-state index in [9.17, 15) is 21.6 Å². The van der Waals surface area contributed by atoms with E-state index in [1.54, 1.807) is 12.1 Å². The maximum Gasteiger partial charge on any atom is 0.416 e. The molecule has 0 radical (unpaired) electrons. The Kier molecular flexibility index (Phi) is 5.71. The Morgan fingerprint density at radius 3 is 2.07 bits per heavy atom. The quantitative estimate of drug-likeness (QED) is 0.557. The van der Waals surface area contributed by atoms with Gasteiger partial charge in [0, 0.05) is 17.4 Å². The van der Waals surface area contributed by atoms with E-state index < -0.39 is 21.8 Å². The van der Waals surface area contributed by atoms with Gasteiger partial charge in [0.25, 0.3) is 0 Å². The van der Waals surface area contributed by atoms with Crippen molar-refractivity contribution in [1.29, 1.82) is 0 Å². The molecule has 2 aromatic carbocycles. The number of benzene rings is 2. The fourth-order valence-electron chi connectivity index (χ4n) is 2.39. The van der Waals surface area contributed by atoms with Gasteiger partial charge < -0.3 is 10.6 Å². The first kappa shape index (κ1) is 20.6. The van der Waals surface area contributed by atoms with E-state index in [2.05, 4.69) is 25.3 Å². The minimum Gasteiger partial charge on any atom is -0.340 e. The van der Waals surface area contributed by atoms with E-state index in [0.29, 0.717) is 23.0 Å². The topological polar surface area (TPSA) is 96.0 Å². The zero-order chi connectivity index (χ0) is 21.1. The summed E-state index contributed by atoms with van der Waals surface area (Å²) >= 11 is 0. The Morgan fingerprint density at radius 1 is 0.862 bits per heavy atom. The molecule has 0 saturated carbocycles. The van der Waals surface area contributed by atoms with E-state index in [1.165, 1.54) is 43.7 Å². The molecule has 1 aromatic heterocycles. The number of hydrogen-bond donors (Lipinski definition) is 3. The molecule has 0 aliphatic rings. The largest absolute Gasteiger partial charge is 0.416 e. The molecule has 0 saturated heterocycles. The number of hydrogen-bond acceptors (Lipinski definition) is 6. The normalized spacial score (nSPS) is 11.9. The Morgan fingerprint density at radius 2 is 1.48 bits per heavy atom. The first-order valence-electron chi connectivity index (χ1n) is 8.24. The smallest absolute Gasteiger partial charge is 0.340 e. The summed E-state index contributed by atoms with van der Waals surface area (Å²) in [5, 5.41) is 5.85. The minimum absolute atomic E-state index is 0.0853. The Balaban J connectivity index is 1.76. The molecule has 29 heavy (non-hydrogen) atoms. The molecule has 0 aliphatic heterocycles. The molecule has 3 aromatic rings. The average Bonchev–Trinajstić information content (AvgIpc) is 2.68. The van der Waals surface area contributed by atoms with E-state index in [1.807, 2.05) is 0 Å². The molecule has 11 heteroatoms. The van der Waals surface area contributed by atoms with E-state index in [4.69, 9.17) is 0 Å². The first-order chi connectivity index (χ1) is 13.7. The van der Waals surface area contributed by atoms with Gasteiger partial charge in [-0.3, -0.25) is 0 Å². The standard InChI is InChI=1S/C18H16F3N5O2S/c1-22-29(27,28)15-4-2-3-14(9-15)26-17-10-16(23-11-24-17)25-13-7-5-12(6-8-13)18(19,20)21/h2-11,22H,1H3,(H2,23,24,25,26). The fourth-order valence-corrected chi connectivity index (χ4v) is 3.17. The minimum atomic E-state index is -4.40. The lowest BCUT2D eigenvalue weighted by Crippen LogP contribution is -2.18. The van der Waals surface area contributed by atoms with Crippen LogP contribution in [-0.2, 0) is 16.2 Å². The van der Waals surface area contributed by atoms with Gasteiger partial charge in [0.15, 0.2) is 0 Å². The number of nitrogens with one attached hydrogen (secondary N) is 3. The number of halogens is 3. The van der Waals surface area contributed by atoms with Crippen molar-refractivity contribution < 1.29 is 21.6 Å². The summed E-state index contributed by atoms with van der Waals surface area (Å²) in [5.74, 6) is 0.717. The summed E-state index contributed by atoms with van der Waals surface area (Å²) in [6.07, 6.45) is -3.14. The summed E-state index contributed by atoms with van der Waals surface area (Å²) < 4.78 is 64.0. The lowest BCUT2D eigenvalue weighted by Gasteiger charge is -2.11. The van der Waals surface area contributed by atoms with Crippen LogP contribution in [-0.4, -0.2) is 25.4 Å². The van der Waals surface area contributed by atoms with E-state index in [-0.39, 0.29) is 4.90 Å². The van der Waals surface area contributed by atoms with Crippen LogP contribution in [0.4, 0.5) is 36.2 Å². The molecule has 1 heterocycles. The van der Waals surface area contributed by atoms with E-state index >= 15 is 0 Å². The highest BCUT2D eigenvalue weighted by molar-refractivity contribution is 7.89. The molecule has 7 nitrogen and oxygen atoms in total. The van der Waals surface area contributed by atoms with Crippen LogP contribution in [0.1, 0.15) is 5.56 Å². The number of aromatic nitrogens is 2. The third-order valence-corrected chi connectivity index (χ3v) is 5.25. The molecule has 0 atom stereocenters. The van der Waals surface area contributed by atoms with Crippen LogP contribution in [0.5, 0.6) is 0 Å². The lowest BCUT2D eigenvalue weighted by atomic mass is 10.2. The van der Waals surface area contributed by atoms with Crippen LogP contribution in [0.15, 0.2) is 65.8 Å². The maximum atomic E-state index is 12.6. The first-order valence-corrected chi connectivity index (χ1v) is 9.73. The fraction of sp³-hybridized carbons (Fsp3) is 0.111. The molecular formula is C18H16F3N5O2S. The number of nitrogens with zero attached hydrogens (tertiary/aromatic N) is 2. The van der Waals surface area contributed by atoms with Gasteiger partial charge in [-0.15, -0.1) is 0 Å². The molecule has 0 unspecified atom stereocenters. The molecule has 0 amide bonds. The number of alkyl halides is 3. The number of sulfonamides is 1. The third-order valence-electron chi connectivity index (χ3n) is 3.84. The third kappa shape index (κ3) is 5.21. The van der Waals surface area contributed by atoms with Gasteiger partial charge in [0.2, 0.25) is 10.0 Å². The van der Waals surface area contributed by atoms with Crippen molar-refractivity contribution in [2.24, 2.45) is 0 Å². The van der Waals surface area contributed by atoms with Crippen LogP contribution in [0, 0.1) is 0 Å². The van der Waals surface area contributed by atoms with Crippen molar-refractivity contribution >= 4 is 33.0 Å². The van der Waals surface area contributed by atoms with Crippen LogP contribution in [0.2, 0.25) is 0 Å². The zero-order valence-corrected chi connectivity index (χ0v) is 15.8. The molecule has 0 aliphatic carbocycles. The summed E-state index contributed by atoms with van der Waals surface area (Å²) in [5.41, 5.74) is 0.162. The van der Waals surface area contributed by atoms with Gasteiger partial charge in [-0.1, -0.05) is 6.07 Å². The lowest BCUT2D eigenvalue weighted by molar-refractivity contribution is -0.137. The summed E-state index contributed by atoms with van der Waals surface area (Å²) in [4.78, 5) is 8.17. The van der Waals surface area contributed by atoms with Gasteiger partial charge in [-0.05, 0) is 49.5 Å². The highest BCUT2D eigenvalue weighted by Crippen LogP contribution is 2.30. The predicted octanol–water partition coefficient (Wildman–Crippen LogP) is 3.89. The average molecular weight is 423 g/mol. The molecule has 3 rings (SSSR count). The predicted molar refractivity (Wildman–Crippen MR) is 103 cm³/mol. The van der Waals surface area contributed by atoms with Gasteiger partial charge in [0.1, 0.15) is 18.0 Å². The second kappa shape index (κ2) is 8.05. The SMILES string of the molecule is CNS(=O)(=O)c1cccc(Nc2cc(Nc3ccc(C(F)(F)F)cc3)ncn2)c1. The highest BCUT2D eigenvalue weighted by Gasteiger charge is 2.29. The Labute approximate surface area is 165 Å². The Bertz CT molecular complexity index is 1100. The summed E-state index contributed by atoms with van der Waals surface area (Å²) in [6.45, 7) is 0. The number of rotatable bonds is 6. The maximum absolute atomic E-state index is 12.6. The van der Waals surface area contributed by atoms with E-state index in [0.717, 1.165) is 12.1 Å². The van der Waals surface area contributed by atoms with Crippen LogP contribution in [0.3, 0.4) is 0 Å². The molecule has 3 N–H and O–H groups in total. The van der Waals surface area contributed by atoms with Gasteiger partial charge in [-0.2, -0.15) is 13.2 Å². The van der Waals surface area contributed by atoms with Crippen LogP contribution < -0.4 is 15.4 Å². The van der Waals surface area contributed by atoms with Crippen molar-refractivity contribution in [1.82, 2.24) is 14.7 Å². The van der Waals surface area contributed by atoms with Crippen LogP contribution >= 0.6 is 0 Å². The number of anilines is 4. The molecular weight excluding hydrogens is 407 g/mol. The van der Waals surface area contributed by atoms with Crippen molar-refractivity contribution in [2.75, 3.05) is 17.7 Å². The molecule has 152 valence electrons. The molecule has 0 spiro atoms. The molecule has 0 bridgehead atoms. The van der Waals surface area contributed by atoms with Crippen molar-refractivity contribution in [2.45, 2.75) is 11.1 Å². The monoisotopic (exact) mass is 423 g/mol. The van der Waals surface area contributed by atoms with Crippen molar-refractivity contribution in [3.8, 4) is 0 Å². The zero-order valence-electron chi connectivity index (χ0n) is 15.0. The molecule has 0 fully saturated rings. The van der Waals surface area contributed by atoms with Gasteiger partial charge >= 0.3 is 6.18 Å². The van der Waals surface area contributed by atoms with Crippen molar-refractivity contribution in [3.63, 3.8) is 0 Å². The summed E-state index contributed by atoms with van der Waals surface area (Å²) in [7, 11) is -2.27. The Hall–Kier alpha value is -3.18.